The van der Waals surface area contributed by atoms with Gasteiger partial charge >= 0.3 is 5.97 Å². The number of amidine groups is 1. The molecule has 1 aromatic carbocycles. The number of nitrogens with zero attached hydrogens (tertiary/aromatic N) is 2. The molecule has 0 aromatic heterocycles. The molecule has 2 aliphatic heterocycles. The number of carbonyl (C=O) groups is 2. The van der Waals surface area contributed by atoms with Crippen molar-refractivity contribution in [3.63, 3.8) is 0 Å². The SMILES string of the molecule is Cc1cccc(N2C(=NC(=O)COCC(=O)O)S[C@@H]3CS(=O)(=O)C[C@@H]32)c1. The zero-order chi connectivity index (χ0) is 18.9. The van der Waals surface area contributed by atoms with E-state index in [0.29, 0.717) is 5.17 Å². The van der Waals surface area contributed by atoms with Gasteiger partial charge in [0.15, 0.2) is 15.0 Å². The number of thioether (sulfide) groups is 1. The van der Waals surface area contributed by atoms with E-state index in [0.717, 1.165) is 11.3 Å². The van der Waals surface area contributed by atoms with E-state index in [1.54, 1.807) is 4.90 Å². The highest BCUT2D eigenvalue weighted by Gasteiger charge is 2.49. The number of carboxylic acid groups (broad SMARTS) is 1. The van der Waals surface area contributed by atoms with E-state index in [9.17, 15) is 18.0 Å². The Balaban J connectivity index is 1.85. The third kappa shape index (κ3) is 4.25. The lowest BCUT2D eigenvalue weighted by Gasteiger charge is -2.24. The van der Waals surface area contributed by atoms with Crippen molar-refractivity contribution in [1.82, 2.24) is 0 Å². The van der Waals surface area contributed by atoms with Gasteiger partial charge in [-0.15, -0.1) is 0 Å². The molecule has 2 saturated heterocycles. The first kappa shape index (κ1) is 18.9. The van der Waals surface area contributed by atoms with Crippen molar-refractivity contribution in [2.45, 2.75) is 18.2 Å². The Bertz CT molecular complexity index is 867. The quantitative estimate of drug-likeness (QED) is 0.771. The molecule has 2 heterocycles. The van der Waals surface area contributed by atoms with Crippen molar-refractivity contribution in [2.24, 2.45) is 4.99 Å². The Morgan fingerprint density at radius 3 is 2.81 bits per heavy atom. The summed E-state index contributed by atoms with van der Waals surface area (Å²) in [6, 6.07) is 7.27. The van der Waals surface area contributed by atoms with Crippen molar-refractivity contribution >= 4 is 44.3 Å². The molecule has 0 spiro atoms. The molecule has 1 N–H and O–H groups in total. The molecule has 3 rings (SSSR count). The van der Waals surface area contributed by atoms with Gasteiger partial charge in [0.1, 0.15) is 13.2 Å². The van der Waals surface area contributed by atoms with Gasteiger partial charge in [-0.1, -0.05) is 23.9 Å². The van der Waals surface area contributed by atoms with Gasteiger partial charge in [0.2, 0.25) is 0 Å². The molecule has 140 valence electrons. The van der Waals surface area contributed by atoms with Crippen LogP contribution in [-0.2, 0) is 24.2 Å². The largest absolute Gasteiger partial charge is 0.480 e. The van der Waals surface area contributed by atoms with E-state index in [-0.39, 0.29) is 22.8 Å². The van der Waals surface area contributed by atoms with Crippen LogP contribution in [0.5, 0.6) is 0 Å². The molecule has 0 bridgehead atoms. The molecule has 0 aliphatic carbocycles. The topological polar surface area (TPSA) is 113 Å². The summed E-state index contributed by atoms with van der Waals surface area (Å²) in [7, 11) is -3.12. The first-order chi connectivity index (χ1) is 12.2. The minimum atomic E-state index is -3.12. The second-order valence-corrected chi connectivity index (χ2v) is 9.54. The van der Waals surface area contributed by atoms with Gasteiger partial charge in [-0.25, -0.2) is 13.2 Å². The number of aliphatic imine (C=N–C) groups is 1. The average Bonchev–Trinajstić information content (AvgIpc) is 2.97. The van der Waals surface area contributed by atoms with Crippen LogP contribution in [0.2, 0.25) is 0 Å². The van der Waals surface area contributed by atoms with E-state index in [1.165, 1.54) is 11.8 Å². The van der Waals surface area contributed by atoms with Gasteiger partial charge in [-0.05, 0) is 24.6 Å². The van der Waals surface area contributed by atoms with E-state index in [2.05, 4.69) is 4.99 Å². The smallest absolute Gasteiger partial charge is 0.329 e. The van der Waals surface area contributed by atoms with Crippen LogP contribution in [0, 0.1) is 6.92 Å². The first-order valence-electron chi connectivity index (χ1n) is 7.89. The number of aliphatic carboxylic acids is 1. The third-order valence-corrected chi connectivity index (χ3v) is 7.23. The Morgan fingerprint density at radius 2 is 2.12 bits per heavy atom. The van der Waals surface area contributed by atoms with Crippen molar-refractivity contribution in [3.05, 3.63) is 29.8 Å². The van der Waals surface area contributed by atoms with Gasteiger partial charge in [-0.2, -0.15) is 4.99 Å². The van der Waals surface area contributed by atoms with Crippen LogP contribution in [0.1, 0.15) is 5.56 Å². The van der Waals surface area contributed by atoms with E-state index >= 15 is 0 Å². The Hall–Kier alpha value is -1.91. The number of carboxylic acids is 1. The van der Waals surface area contributed by atoms with Gasteiger partial charge in [-0.3, -0.25) is 4.79 Å². The maximum atomic E-state index is 12.0. The molecule has 0 radical (unpaired) electrons. The normalized spacial score (nSPS) is 25.4. The molecule has 26 heavy (non-hydrogen) atoms. The van der Waals surface area contributed by atoms with Crippen LogP contribution in [0.15, 0.2) is 29.3 Å². The van der Waals surface area contributed by atoms with Crippen molar-refractivity contribution < 1.29 is 27.9 Å². The van der Waals surface area contributed by atoms with E-state index in [1.807, 2.05) is 31.2 Å². The Morgan fingerprint density at radius 1 is 1.35 bits per heavy atom. The maximum absolute atomic E-state index is 12.0. The summed E-state index contributed by atoms with van der Waals surface area (Å²) in [6.07, 6.45) is 0. The molecule has 0 unspecified atom stereocenters. The fourth-order valence-electron chi connectivity index (χ4n) is 3.01. The van der Waals surface area contributed by atoms with Crippen LogP contribution in [-0.4, -0.2) is 66.6 Å². The highest BCUT2D eigenvalue weighted by atomic mass is 32.2. The third-order valence-electron chi connectivity index (χ3n) is 4.02. The monoisotopic (exact) mass is 398 g/mol. The molecule has 0 saturated carbocycles. The lowest BCUT2D eigenvalue weighted by molar-refractivity contribution is -0.143. The number of fused-ring (bicyclic) bond motifs is 1. The molecule has 1 aromatic rings. The number of hydrogen-bond acceptors (Lipinski definition) is 6. The van der Waals surface area contributed by atoms with Crippen LogP contribution in [0.25, 0.3) is 0 Å². The maximum Gasteiger partial charge on any atom is 0.329 e. The summed E-state index contributed by atoms with van der Waals surface area (Å²) in [5.41, 5.74) is 1.78. The van der Waals surface area contributed by atoms with Crippen LogP contribution < -0.4 is 4.90 Å². The summed E-state index contributed by atoms with van der Waals surface area (Å²) in [6.45, 7) is 0.914. The van der Waals surface area contributed by atoms with Crippen LogP contribution >= 0.6 is 11.8 Å². The van der Waals surface area contributed by atoms with Gasteiger partial charge in [0, 0.05) is 10.9 Å². The van der Waals surface area contributed by atoms with Crippen LogP contribution in [0.3, 0.4) is 0 Å². The first-order valence-corrected chi connectivity index (χ1v) is 10.6. The molecule has 2 fully saturated rings. The molecule has 2 atom stereocenters. The van der Waals surface area contributed by atoms with E-state index in [4.69, 9.17) is 9.84 Å². The minimum Gasteiger partial charge on any atom is -0.480 e. The highest BCUT2D eigenvalue weighted by molar-refractivity contribution is 8.16. The number of benzene rings is 1. The van der Waals surface area contributed by atoms with Gasteiger partial charge < -0.3 is 14.7 Å². The fraction of sp³-hybridized carbons (Fsp3) is 0.438. The highest BCUT2D eigenvalue weighted by Crippen LogP contribution is 2.41. The summed E-state index contributed by atoms with van der Waals surface area (Å²) < 4.78 is 28.8. The van der Waals surface area contributed by atoms with Crippen molar-refractivity contribution in [3.8, 4) is 0 Å². The number of ether oxygens (including phenoxy) is 1. The number of carbonyl (C=O) groups excluding carboxylic acids is 1. The van der Waals surface area contributed by atoms with Crippen LogP contribution in [0.4, 0.5) is 5.69 Å². The second-order valence-electron chi connectivity index (χ2n) is 6.18. The second kappa shape index (κ2) is 7.37. The standard InChI is InChI=1S/C16H18N2O6S2/c1-10-3-2-4-11(5-10)18-12-8-26(22,23)9-13(12)25-16(18)17-14(19)6-24-7-15(20)21/h2-5,12-13H,6-9H2,1H3,(H,20,21)/t12-,13+/m0/s1. The number of aryl methyl sites for hydroxylation is 1. The average molecular weight is 398 g/mol. The fourth-order valence-corrected chi connectivity index (χ4v) is 6.94. The predicted molar refractivity (Wildman–Crippen MR) is 98.4 cm³/mol. The number of sulfone groups is 1. The molecule has 2 aliphatic rings. The Labute approximate surface area is 155 Å². The summed E-state index contributed by atoms with van der Waals surface area (Å²) >= 11 is 1.26. The number of hydrogen-bond donors (Lipinski definition) is 1. The zero-order valence-corrected chi connectivity index (χ0v) is 15.6. The number of amides is 1. The lowest BCUT2D eigenvalue weighted by Crippen LogP contribution is -2.37. The zero-order valence-electron chi connectivity index (χ0n) is 14.0. The molecule has 10 heteroatoms. The molecule has 1 amide bonds. The molecular formula is C16H18N2O6S2. The molecular weight excluding hydrogens is 380 g/mol. The number of anilines is 1. The summed E-state index contributed by atoms with van der Waals surface area (Å²) in [5, 5.41) is 8.78. The van der Waals surface area contributed by atoms with Crippen molar-refractivity contribution in [2.75, 3.05) is 29.6 Å². The summed E-state index contributed by atoms with van der Waals surface area (Å²) in [4.78, 5) is 28.3. The predicted octanol–water partition coefficient (Wildman–Crippen LogP) is 0.698. The Kier molecular flexibility index (Phi) is 5.35. The van der Waals surface area contributed by atoms with Gasteiger partial charge in [0.05, 0.1) is 17.5 Å². The number of rotatable bonds is 5. The van der Waals surface area contributed by atoms with Gasteiger partial charge in [0.25, 0.3) is 5.91 Å². The lowest BCUT2D eigenvalue weighted by atomic mass is 10.1. The molecule has 8 nitrogen and oxygen atoms in total. The summed E-state index contributed by atoms with van der Waals surface area (Å²) in [5.74, 6) is -1.70. The van der Waals surface area contributed by atoms with Crippen molar-refractivity contribution in [1.29, 1.82) is 0 Å². The minimum absolute atomic E-state index is 0.0152. The van der Waals surface area contributed by atoms with E-state index < -0.39 is 34.9 Å².